The fourth-order valence-corrected chi connectivity index (χ4v) is 3.72. The summed E-state index contributed by atoms with van der Waals surface area (Å²) in [6.07, 6.45) is 0. The number of hydrogen-bond donors (Lipinski definition) is 2. The molecule has 0 spiro atoms. The van der Waals surface area contributed by atoms with Gasteiger partial charge in [0.25, 0.3) is 0 Å². The highest BCUT2D eigenvalue weighted by atomic mass is 35.5. The lowest BCUT2D eigenvalue weighted by molar-refractivity contribution is -0.136. The number of hydrogen-bond acceptors (Lipinski definition) is 4. The molecule has 158 valence electrons. The largest absolute Gasteiger partial charge is 0.490 e. The van der Waals surface area contributed by atoms with Gasteiger partial charge in [-0.25, -0.2) is 9.59 Å². The minimum atomic E-state index is -0.810. The van der Waals surface area contributed by atoms with Gasteiger partial charge < -0.3 is 20.1 Å². The highest BCUT2D eigenvalue weighted by Gasteiger charge is 2.34. The number of halogens is 2. The molecule has 1 aliphatic rings. The quantitative estimate of drug-likeness (QED) is 0.611. The number of carbonyl (C=O) groups excluding carboxylic acids is 2. The monoisotopic (exact) mass is 448 g/mol. The minimum Gasteiger partial charge on any atom is -0.490 e. The average molecular weight is 449 g/mol. The lowest BCUT2D eigenvalue weighted by atomic mass is 9.92. The van der Waals surface area contributed by atoms with Crippen molar-refractivity contribution in [3.63, 3.8) is 0 Å². The molecule has 1 unspecified atom stereocenters. The summed E-state index contributed by atoms with van der Waals surface area (Å²) in [6.45, 7) is 4.48. The predicted octanol–water partition coefficient (Wildman–Crippen LogP) is 4.97. The molecule has 0 aliphatic carbocycles. The highest BCUT2D eigenvalue weighted by molar-refractivity contribution is 6.37. The SMILES string of the molecule is COC(=O)C1=C(c2ccccc2)NC(=O)NC1c1cc(Cl)c(OCC(C)C)c(Cl)c1. The zero-order chi connectivity index (χ0) is 21.8. The first kappa shape index (κ1) is 22.0. The summed E-state index contributed by atoms with van der Waals surface area (Å²) in [7, 11) is 1.29. The zero-order valence-corrected chi connectivity index (χ0v) is 18.3. The third-order valence-corrected chi connectivity index (χ3v) is 5.02. The lowest BCUT2D eigenvalue weighted by Gasteiger charge is -2.29. The van der Waals surface area contributed by atoms with Crippen molar-refractivity contribution in [2.45, 2.75) is 19.9 Å². The molecule has 3 rings (SSSR count). The Morgan fingerprint density at radius 3 is 2.33 bits per heavy atom. The van der Waals surface area contributed by atoms with E-state index in [1.54, 1.807) is 24.3 Å². The third kappa shape index (κ3) is 4.71. The van der Waals surface area contributed by atoms with Crippen molar-refractivity contribution in [1.29, 1.82) is 0 Å². The number of carbonyl (C=O) groups is 2. The van der Waals surface area contributed by atoms with E-state index in [1.807, 2.05) is 32.0 Å². The second-order valence-corrected chi connectivity index (χ2v) is 8.01. The number of methoxy groups -OCH3 is 1. The summed E-state index contributed by atoms with van der Waals surface area (Å²) >= 11 is 12.8. The Labute approximate surface area is 185 Å². The fraction of sp³-hybridized carbons (Fsp3) is 0.273. The van der Waals surface area contributed by atoms with E-state index in [4.69, 9.17) is 32.7 Å². The Morgan fingerprint density at radius 1 is 1.13 bits per heavy atom. The van der Waals surface area contributed by atoms with Crippen LogP contribution >= 0.6 is 23.2 Å². The van der Waals surface area contributed by atoms with Gasteiger partial charge in [0.1, 0.15) is 0 Å². The topological polar surface area (TPSA) is 76.7 Å². The molecule has 8 heteroatoms. The van der Waals surface area contributed by atoms with E-state index in [2.05, 4.69) is 10.6 Å². The van der Waals surface area contributed by atoms with Gasteiger partial charge >= 0.3 is 12.0 Å². The highest BCUT2D eigenvalue weighted by Crippen LogP contribution is 2.39. The molecule has 0 saturated heterocycles. The molecule has 0 fully saturated rings. The van der Waals surface area contributed by atoms with Crippen LogP contribution in [0.2, 0.25) is 10.0 Å². The van der Waals surface area contributed by atoms with Gasteiger partial charge in [0.15, 0.2) is 5.75 Å². The third-order valence-electron chi connectivity index (χ3n) is 4.45. The van der Waals surface area contributed by atoms with E-state index < -0.39 is 18.0 Å². The first-order valence-electron chi connectivity index (χ1n) is 9.39. The number of ether oxygens (including phenoxy) is 2. The normalized spacial score (nSPS) is 16.2. The van der Waals surface area contributed by atoms with Gasteiger partial charge in [-0.2, -0.15) is 0 Å². The van der Waals surface area contributed by atoms with Crippen molar-refractivity contribution in [3.05, 3.63) is 69.2 Å². The fourth-order valence-electron chi connectivity index (χ4n) is 3.11. The number of nitrogens with one attached hydrogen (secondary N) is 2. The second kappa shape index (κ2) is 9.41. The molecule has 0 saturated carbocycles. The summed E-state index contributed by atoms with van der Waals surface area (Å²) in [5.41, 5.74) is 1.81. The molecular formula is C22H22Cl2N2O4. The van der Waals surface area contributed by atoms with E-state index >= 15 is 0 Å². The Bertz CT molecular complexity index is 967. The number of urea groups is 1. The molecule has 2 N–H and O–H groups in total. The van der Waals surface area contributed by atoms with Crippen LogP contribution in [-0.2, 0) is 9.53 Å². The molecule has 0 radical (unpaired) electrons. The molecule has 1 aliphatic heterocycles. The number of rotatable bonds is 6. The molecule has 2 aromatic carbocycles. The van der Waals surface area contributed by atoms with Gasteiger partial charge in [0, 0.05) is 0 Å². The van der Waals surface area contributed by atoms with Crippen LogP contribution in [0.3, 0.4) is 0 Å². The zero-order valence-electron chi connectivity index (χ0n) is 16.8. The Balaban J connectivity index is 2.11. The molecule has 6 nitrogen and oxygen atoms in total. The molecule has 1 heterocycles. The van der Waals surface area contributed by atoms with Crippen molar-refractivity contribution < 1.29 is 19.1 Å². The van der Waals surface area contributed by atoms with Crippen LogP contribution in [0, 0.1) is 5.92 Å². The van der Waals surface area contributed by atoms with Crippen molar-refractivity contribution in [1.82, 2.24) is 10.6 Å². The van der Waals surface area contributed by atoms with Gasteiger partial charge in [-0.05, 0) is 29.2 Å². The van der Waals surface area contributed by atoms with Crippen molar-refractivity contribution in [3.8, 4) is 5.75 Å². The van der Waals surface area contributed by atoms with Gasteiger partial charge in [0.2, 0.25) is 0 Å². The van der Waals surface area contributed by atoms with E-state index in [9.17, 15) is 9.59 Å². The Morgan fingerprint density at radius 2 is 1.77 bits per heavy atom. The summed E-state index contributed by atoms with van der Waals surface area (Å²) < 4.78 is 10.7. The van der Waals surface area contributed by atoms with Gasteiger partial charge in [-0.3, -0.25) is 0 Å². The standard InChI is InChI=1S/C22H22Cl2N2O4/c1-12(2)11-30-20-15(23)9-14(10-16(20)24)19-17(21(27)29-3)18(25-22(28)26-19)13-7-5-4-6-8-13/h4-10,12,19H,11H2,1-3H3,(H2,25,26,28). The molecular weight excluding hydrogens is 427 g/mol. The minimum absolute atomic E-state index is 0.242. The maximum absolute atomic E-state index is 12.7. The smallest absolute Gasteiger partial charge is 0.338 e. The van der Waals surface area contributed by atoms with E-state index in [-0.39, 0.29) is 15.6 Å². The molecule has 0 aromatic heterocycles. The van der Waals surface area contributed by atoms with Gasteiger partial charge in [0.05, 0.1) is 41.1 Å². The average Bonchev–Trinajstić information content (AvgIpc) is 2.72. The lowest BCUT2D eigenvalue weighted by Crippen LogP contribution is -2.45. The van der Waals surface area contributed by atoms with Crippen molar-refractivity contribution in [2.75, 3.05) is 13.7 Å². The van der Waals surface area contributed by atoms with Gasteiger partial charge in [-0.1, -0.05) is 67.4 Å². The van der Waals surface area contributed by atoms with E-state index in [0.717, 1.165) is 0 Å². The Kier molecular flexibility index (Phi) is 6.90. The molecule has 2 aromatic rings. The number of benzene rings is 2. The Hall–Kier alpha value is -2.70. The summed E-state index contributed by atoms with van der Waals surface area (Å²) in [5.74, 6) is 0.0736. The van der Waals surface area contributed by atoms with Crippen LogP contribution in [0.5, 0.6) is 5.75 Å². The van der Waals surface area contributed by atoms with Crippen molar-refractivity contribution >= 4 is 40.9 Å². The molecule has 30 heavy (non-hydrogen) atoms. The van der Waals surface area contributed by atoms with Crippen LogP contribution in [-0.4, -0.2) is 25.7 Å². The first-order valence-corrected chi connectivity index (χ1v) is 10.1. The van der Waals surface area contributed by atoms with Gasteiger partial charge in [-0.15, -0.1) is 0 Å². The summed E-state index contributed by atoms with van der Waals surface area (Å²) in [4.78, 5) is 25.1. The molecule has 1 atom stereocenters. The van der Waals surface area contributed by atoms with Crippen molar-refractivity contribution in [2.24, 2.45) is 5.92 Å². The molecule has 2 amide bonds. The maximum Gasteiger partial charge on any atom is 0.338 e. The molecule has 0 bridgehead atoms. The van der Waals surface area contributed by atoms with Crippen LogP contribution in [0.15, 0.2) is 48.0 Å². The number of esters is 1. The summed E-state index contributed by atoms with van der Waals surface area (Å²) in [6, 6.07) is 11.1. The van der Waals surface area contributed by atoms with Crippen LogP contribution in [0.1, 0.15) is 31.0 Å². The summed E-state index contributed by atoms with van der Waals surface area (Å²) in [5, 5.41) is 6.04. The first-order chi connectivity index (χ1) is 14.3. The number of amides is 2. The predicted molar refractivity (Wildman–Crippen MR) is 117 cm³/mol. The van der Waals surface area contributed by atoms with E-state index in [1.165, 1.54) is 7.11 Å². The maximum atomic E-state index is 12.7. The van der Waals surface area contributed by atoms with Crippen LogP contribution in [0.25, 0.3) is 5.70 Å². The van der Waals surface area contributed by atoms with E-state index in [0.29, 0.717) is 35.1 Å². The van der Waals surface area contributed by atoms with Crippen LogP contribution in [0.4, 0.5) is 4.79 Å². The second-order valence-electron chi connectivity index (χ2n) is 7.20. The van der Waals surface area contributed by atoms with Crippen LogP contribution < -0.4 is 15.4 Å².